The molecule has 2 atom stereocenters. The van der Waals surface area contributed by atoms with E-state index in [2.05, 4.69) is 5.32 Å². The maximum atomic E-state index is 13.2. The van der Waals surface area contributed by atoms with Gasteiger partial charge in [0.1, 0.15) is 5.82 Å². The second-order valence-corrected chi connectivity index (χ2v) is 5.80. The maximum absolute atomic E-state index is 13.2. The Morgan fingerprint density at radius 3 is 2.65 bits per heavy atom. The maximum Gasteiger partial charge on any atom is 0.307 e. The highest BCUT2D eigenvalue weighted by atomic mass is 19.1. The lowest BCUT2D eigenvalue weighted by Crippen LogP contribution is -2.34. The van der Waals surface area contributed by atoms with Crippen molar-refractivity contribution in [3.63, 3.8) is 0 Å². The number of carbonyl (C=O) groups excluding carboxylic acids is 1. The van der Waals surface area contributed by atoms with E-state index in [-0.39, 0.29) is 17.1 Å². The van der Waals surface area contributed by atoms with Crippen molar-refractivity contribution in [3.8, 4) is 0 Å². The van der Waals surface area contributed by atoms with Crippen LogP contribution in [0.25, 0.3) is 0 Å². The molecular formula is C15H16FNO3. The molecule has 2 fully saturated rings. The van der Waals surface area contributed by atoms with Gasteiger partial charge in [-0.05, 0) is 37.0 Å². The standard InChI is InChI=1S/C15H16FNO3/c16-10-3-1-2-9(6-10)15(4-5-15)8-17-13(18)11-7-12(11)14(19)20/h1-3,6,11-12H,4-5,7-8H2,(H,17,18)(H,19,20)/t11-,12+/m0/s1. The fourth-order valence-electron chi connectivity index (χ4n) is 2.68. The molecule has 0 saturated heterocycles. The number of carboxylic acids is 1. The van der Waals surface area contributed by atoms with Gasteiger partial charge in [0.2, 0.25) is 5.91 Å². The minimum absolute atomic E-state index is 0.161. The first kappa shape index (κ1) is 13.1. The van der Waals surface area contributed by atoms with E-state index in [1.165, 1.54) is 12.1 Å². The Bertz CT molecular complexity index is 568. The second kappa shape index (κ2) is 4.58. The number of amides is 1. The first-order chi connectivity index (χ1) is 9.52. The van der Waals surface area contributed by atoms with Gasteiger partial charge in [0.15, 0.2) is 0 Å². The van der Waals surface area contributed by atoms with E-state index in [0.29, 0.717) is 13.0 Å². The Hall–Kier alpha value is -1.91. The molecule has 0 heterocycles. The highest BCUT2D eigenvalue weighted by Gasteiger charge is 2.50. The third kappa shape index (κ3) is 2.40. The molecule has 0 spiro atoms. The molecule has 0 bridgehead atoms. The van der Waals surface area contributed by atoms with E-state index < -0.39 is 17.8 Å². The van der Waals surface area contributed by atoms with Crippen molar-refractivity contribution in [2.45, 2.75) is 24.7 Å². The van der Waals surface area contributed by atoms with Crippen LogP contribution in [-0.4, -0.2) is 23.5 Å². The van der Waals surface area contributed by atoms with Crippen molar-refractivity contribution in [1.29, 1.82) is 0 Å². The molecule has 4 nitrogen and oxygen atoms in total. The van der Waals surface area contributed by atoms with Gasteiger partial charge >= 0.3 is 5.97 Å². The van der Waals surface area contributed by atoms with Crippen LogP contribution in [0, 0.1) is 17.7 Å². The van der Waals surface area contributed by atoms with Crippen molar-refractivity contribution >= 4 is 11.9 Å². The van der Waals surface area contributed by atoms with Gasteiger partial charge in [0, 0.05) is 12.0 Å². The summed E-state index contributed by atoms with van der Waals surface area (Å²) >= 11 is 0. The first-order valence-electron chi connectivity index (χ1n) is 6.78. The Labute approximate surface area is 116 Å². The smallest absolute Gasteiger partial charge is 0.307 e. The number of nitrogens with one attached hydrogen (secondary N) is 1. The van der Waals surface area contributed by atoms with Crippen molar-refractivity contribution in [1.82, 2.24) is 5.32 Å². The molecule has 106 valence electrons. The number of halogens is 1. The van der Waals surface area contributed by atoms with Gasteiger partial charge in [-0.25, -0.2) is 4.39 Å². The third-order valence-electron chi connectivity index (χ3n) is 4.34. The van der Waals surface area contributed by atoms with Crippen LogP contribution in [0.1, 0.15) is 24.8 Å². The summed E-state index contributed by atoms with van der Waals surface area (Å²) < 4.78 is 13.2. The van der Waals surface area contributed by atoms with Crippen LogP contribution in [0.2, 0.25) is 0 Å². The minimum Gasteiger partial charge on any atom is -0.481 e. The van der Waals surface area contributed by atoms with Crippen molar-refractivity contribution in [2.75, 3.05) is 6.54 Å². The molecule has 1 aromatic rings. The predicted octanol–water partition coefficient (Wildman–Crippen LogP) is 1.69. The molecule has 0 aromatic heterocycles. The number of rotatable bonds is 5. The van der Waals surface area contributed by atoms with E-state index >= 15 is 0 Å². The van der Waals surface area contributed by atoms with Crippen LogP contribution >= 0.6 is 0 Å². The molecule has 20 heavy (non-hydrogen) atoms. The molecule has 2 saturated carbocycles. The Morgan fingerprint density at radius 2 is 2.10 bits per heavy atom. The highest BCUT2D eigenvalue weighted by molar-refractivity contribution is 5.89. The van der Waals surface area contributed by atoms with Gasteiger partial charge in [0.05, 0.1) is 11.8 Å². The molecule has 5 heteroatoms. The summed E-state index contributed by atoms with van der Waals surface area (Å²) in [6, 6.07) is 6.46. The van der Waals surface area contributed by atoms with Crippen molar-refractivity contribution in [3.05, 3.63) is 35.6 Å². The molecule has 1 aromatic carbocycles. The topological polar surface area (TPSA) is 66.4 Å². The average Bonchev–Trinajstić information content (AvgIpc) is 3.29. The zero-order valence-electron chi connectivity index (χ0n) is 10.9. The van der Waals surface area contributed by atoms with Crippen LogP contribution in [0.3, 0.4) is 0 Å². The summed E-state index contributed by atoms with van der Waals surface area (Å²) in [5.74, 6) is -2.29. The van der Waals surface area contributed by atoms with Gasteiger partial charge in [0.25, 0.3) is 0 Å². The van der Waals surface area contributed by atoms with Crippen LogP contribution in [0.5, 0.6) is 0 Å². The summed E-state index contributed by atoms with van der Waals surface area (Å²) in [6.07, 6.45) is 2.27. The zero-order chi connectivity index (χ0) is 14.3. The van der Waals surface area contributed by atoms with E-state index in [9.17, 15) is 14.0 Å². The molecule has 2 N–H and O–H groups in total. The van der Waals surface area contributed by atoms with E-state index in [0.717, 1.165) is 18.4 Å². The Kier molecular flexibility index (Phi) is 3.00. The highest BCUT2D eigenvalue weighted by Crippen LogP contribution is 2.48. The molecule has 0 aliphatic heterocycles. The lowest BCUT2D eigenvalue weighted by atomic mass is 9.96. The molecular weight excluding hydrogens is 261 g/mol. The second-order valence-electron chi connectivity index (χ2n) is 5.80. The number of hydrogen-bond acceptors (Lipinski definition) is 2. The average molecular weight is 277 g/mol. The number of benzene rings is 1. The molecule has 3 rings (SSSR count). The fourth-order valence-corrected chi connectivity index (χ4v) is 2.68. The van der Waals surface area contributed by atoms with Gasteiger partial charge in [-0.1, -0.05) is 12.1 Å². The Balaban J connectivity index is 1.59. The van der Waals surface area contributed by atoms with Crippen molar-refractivity contribution < 1.29 is 19.1 Å². The summed E-state index contributed by atoms with van der Waals surface area (Å²) in [5.41, 5.74) is 0.745. The molecule has 2 aliphatic rings. The molecule has 1 amide bonds. The predicted molar refractivity (Wildman–Crippen MR) is 69.6 cm³/mol. The summed E-state index contributed by atoms with van der Waals surface area (Å²) in [4.78, 5) is 22.6. The zero-order valence-corrected chi connectivity index (χ0v) is 10.9. The monoisotopic (exact) mass is 277 g/mol. The van der Waals surface area contributed by atoms with Gasteiger partial charge in [-0.3, -0.25) is 9.59 Å². The lowest BCUT2D eigenvalue weighted by molar-refractivity contribution is -0.140. The lowest BCUT2D eigenvalue weighted by Gasteiger charge is -2.16. The summed E-state index contributed by atoms with van der Waals surface area (Å²) in [7, 11) is 0. The van der Waals surface area contributed by atoms with E-state index in [1.54, 1.807) is 6.07 Å². The molecule has 0 radical (unpaired) electrons. The summed E-state index contributed by atoms with van der Waals surface area (Å²) in [5, 5.41) is 11.6. The van der Waals surface area contributed by atoms with Crippen LogP contribution in [0.4, 0.5) is 4.39 Å². The van der Waals surface area contributed by atoms with Crippen LogP contribution in [0.15, 0.2) is 24.3 Å². The van der Waals surface area contributed by atoms with Gasteiger partial charge < -0.3 is 10.4 Å². The van der Waals surface area contributed by atoms with Gasteiger partial charge in [-0.15, -0.1) is 0 Å². The Morgan fingerprint density at radius 1 is 1.35 bits per heavy atom. The number of aliphatic carboxylic acids is 1. The summed E-state index contributed by atoms with van der Waals surface area (Å²) in [6.45, 7) is 0.456. The number of carboxylic acid groups (broad SMARTS) is 1. The van der Waals surface area contributed by atoms with E-state index in [1.807, 2.05) is 6.07 Å². The normalized spacial score (nSPS) is 25.9. The molecule has 2 aliphatic carbocycles. The fraction of sp³-hybridized carbons (Fsp3) is 0.467. The van der Waals surface area contributed by atoms with Crippen LogP contribution in [-0.2, 0) is 15.0 Å². The number of hydrogen-bond donors (Lipinski definition) is 2. The molecule has 0 unspecified atom stereocenters. The van der Waals surface area contributed by atoms with E-state index in [4.69, 9.17) is 5.11 Å². The quantitative estimate of drug-likeness (QED) is 0.860. The number of carbonyl (C=O) groups is 2. The first-order valence-corrected chi connectivity index (χ1v) is 6.78. The minimum atomic E-state index is -0.906. The van der Waals surface area contributed by atoms with Crippen molar-refractivity contribution in [2.24, 2.45) is 11.8 Å². The largest absolute Gasteiger partial charge is 0.481 e. The third-order valence-corrected chi connectivity index (χ3v) is 4.34. The SMILES string of the molecule is O=C(NCC1(c2cccc(F)c2)CC1)[C@H]1C[C@H]1C(=O)O. The van der Waals surface area contributed by atoms with Gasteiger partial charge in [-0.2, -0.15) is 0 Å². The van der Waals surface area contributed by atoms with Crippen LogP contribution < -0.4 is 5.32 Å².